The van der Waals surface area contributed by atoms with Crippen molar-refractivity contribution in [3.63, 3.8) is 0 Å². The molecule has 20 heavy (non-hydrogen) atoms. The fourth-order valence-corrected chi connectivity index (χ4v) is 2.30. The maximum Gasteiger partial charge on any atom is 0.124 e. The SMILES string of the molecule is CCCCOCCn1c(CCl)nc2ccc(C#N)cc21. The van der Waals surface area contributed by atoms with Crippen molar-refractivity contribution in [2.45, 2.75) is 32.2 Å². The van der Waals surface area contributed by atoms with E-state index < -0.39 is 0 Å². The van der Waals surface area contributed by atoms with Crippen molar-refractivity contribution in [3.05, 3.63) is 29.6 Å². The molecular formula is C15H18ClN3O. The van der Waals surface area contributed by atoms with E-state index in [0.29, 0.717) is 24.6 Å². The molecule has 0 saturated heterocycles. The van der Waals surface area contributed by atoms with Gasteiger partial charge in [0.15, 0.2) is 0 Å². The first-order valence-electron chi connectivity index (χ1n) is 6.83. The summed E-state index contributed by atoms with van der Waals surface area (Å²) in [4.78, 5) is 4.49. The lowest BCUT2D eigenvalue weighted by atomic mass is 10.2. The fourth-order valence-electron chi connectivity index (χ4n) is 2.10. The van der Waals surface area contributed by atoms with E-state index in [2.05, 4.69) is 18.0 Å². The molecule has 0 spiro atoms. The van der Waals surface area contributed by atoms with Crippen LogP contribution in [0.5, 0.6) is 0 Å². The van der Waals surface area contributed by atoms with Crippen LogP contribution in [0.25, 0.3) is 11.0 Å². The molecule has 0 atom stereocenters. The Morgan fingerprint density at radius 1 is 1.40 bits per heavy atom. The number of nitrogens with zero attached hydrogens (tertiary/aromatic N) is 3. The zero-order valence-electron chi connectivity index (χ0n) is 11.6. The quantitative estimate of drug-likeness (QED) is 0.580. The minimum absolute atomic E-state index is 0.353. The molecule has 5 heteroatoms. The number of fused-ring (bicyclic) bond motifs is 1. The number of hydrogen-bond donors (Lipinski definition) is 0. The summed E-state index contributed by atoms with van der Waals surface area (Å²) < 4.78 is 7.63. The Hall–Kier alpha value is -1.57. The second kappa shape index (κ2) is 7.28. The third kappa shape index (κ3) is 3.30. The number of aromatic nitrogens is 2. The highest BCUT2D eigenvalue weighted by atomic mass is 35.5. The van der Waals surface area contributed by atoms with Crippen LogP contribution < -0.4 is 0 Å². The van der Waals surface area contributed by atoms with Gasteiger partial charge in [-0.2, -0.15) is 5.26 Å². The minimum atomic E-state index is 0.353. The van der Waals surface area contributed by atoms with Gasteiger partial charge < -0.3 is 9.30 Å². The average Bonchev–Trinajstić information content (AvgIpc) is 2.84. The summed E-state index contributed by atoms with van der Waals surface area (Å²) in [6.45, 7) is 4.26. The van der Waals surface area contributed by atoms with Gasteiger partial charge in [-0.15, -0.1) is 11.6 Å². The van der Waals surface area contributed by atoms with Gasteiger partial charge in [-0.25, -0.2) is 4.98 Å². The Labute approximate surface area is 123 Å². The Morgan fingerprint density at radius 2 is 2.25 bits per heavy atom. The maximum absolute atomic E-state index is 8.99. The fraction of sp³-hybridized carbons (Fsp3) is 0.467. The highest BCUT2D eigenvalue weighted by molar-refractivity contribution is 6.16. The van der Waals surface area contributed by atoms with Crippen LogP contribution >= 0.6 is 11.6 Å². The largest absolute Gasteiger partial charge is 0.380 e. The molecule has 0 amide bonds. The molecule has 1 heterocycles. The molecule has 1 aromatic heterocycles. The smallest absolute Gasteiger partial charge is 0.124 e. The first kappa shape index (κ1) is 14.8. The van der Waals surface area contributed by atoms with Gasteiger partial charge in [0.1, 0.15) is 5.82 Å². The summed E-state index contributed by atoms with van der Waals surface area (Å²) >= 11 is 5.95. The zero-order valence-corrected chi connectivity index (χ0v) is 12.4. The predicted octanol–water partition coefficient (Wildman–Crippen LogP) is 3.46. The van der Waals surface area contributed by atoms with Gasteiger partial charge in [-0.3, -0.25) is 0 Å². The highest BCUT2D eigenvalue weighted by Crippen LogP contribution is 2.19. The zero-order chi connectivity index (χ0) is 14.4. The number of imidazole rings is 1. The van der Waals surface area contributed by atoms with E-state index in [4.69, 9.17) is 21.6 Å². The minimum Gasteiger partial charge on any atom is -0.380 e. The van der Waals surface area contributed by atoms with Gasteiger partial charge in [0, 0.05) is 13.2 Å². The van der Waals surface area contributed by atoms with Crippen LogP contribution in [0.4, 0.5) is 0 Å². The van der Waals surface area contributed by atoms with Gasteiger partial charge in [0.2, 0.25) is 0 Å². The normalized spacial score (nSPS) is 10.8. The van der Waals surface area contributed by atoms with Gasteiger partial charge >= 0.3 is 0 Å². The molecule has 2 aromatic rings. The first-order chi connectivity index (χ1) is 9.80. The van der Waals surface area contributed by atoms with Crippen LogP contribution in [0.15, 0.2) is 18.2 Å². The van der Waals surface area contributed by atoms with Crippen molar-refractivity contribution >= 4 is 22.6 Å². The number of ether oxygens (including phenoxy) is 1. The van der Waals surface area contributed by atoms with Crippen molar-refractivity contribution in [2.75, 3.05) is 13.2 Å². The van der Waals surface area contributed by atoms with Gasteiger partial charge in [-0.05, 0) is 24.6 Å². The highest BCUT2D eigenvalue weighted by Gasteiger charge is 2.10. The molecule has 2 rings (SSSR count). The van der Waals surface area contributed by atoms with Crippen molar-refractivity contribution < 1.29 is 4.74 Å². The number of unbranched alkanes of at least 4 members (excludes halogenated alkanes) is 1. The number of benzene rings is 1. The molecule has 4 nitrogen and oxygen atoms in total. The van der Waals surface area contributed by atoms with E-state index in [1.807, 2.05) is 16.7 Å². The Kier molecular flexibility index (Phi) is 5.40. The molecule has 0 aliphatic carbocycles. The number of alkyl halides is 1. The third-order valence-corrected chi connectivity index (χ3v) is 3.42. The summed E-state index contributed by atoms with van der Waals surface area (Å²) in [5.41, 5.74) is 2.44. The van der Waals surface area contributed by atoms with Crippen LogP contribution in [0.2, 0.25) is 0 Å². The molecular weight excluding hydrogens is 274 g/mol. The number of nitriles is 1. The van der Waals surface area contributed by atoms with Crippen LogP contribution in [-0.2, 0) is 17.2 Å². The molecule has 0 fully saturated rings. The summed E-state index contributed by atoms with van der Waals surface area (Å²) in [5.74, 6) is 1.17. The molecule has 0 aliphatic rings. The van der Waals surface area contributed by atoms with Crippen molar-refractivity contribution in [1.29, 1.82) is 5.26 Å². The van der Waals surface area contributed by atoms with Gasteiger partial charge in [0.05, 0.1) is 35.2 Å². The number of hydrogen-bond acceptors (Lipinski definition) is 3. The molecule has 0 saturated carbocycles. The van der Waals surface area contributed by atoms with E-state index in [-0.39, 0.29) is 0 Å². The summed E-state index contributed by atoms with van der Waals surface area (Å²) in [6.07, 6.45) is 2.21. The van der Waals surface area contributed by atoms with Gasteiger partial charge in [0.25, 0.3) is 0 Å². The summed E-state index contributed by atoms with van der Waals surface area (Å²) in [6, 6.07) is 7.64. The standard InChI is InChI=1S/C15H18ClN3O/c1-2-3-7-20-8-6-19-14-9-12(11-17)4-5-13(14)18-15(19)10-16/h4-5,9H,2-3,6-8,10H2,1H3. The summed E-state index contributed by atoms with van der Waals surface area (Å²) in [5, 5.41) is 8.99. The lowest BCUT2D eigenvalue weighted by Crippen LogP contribution is -2.09. The molecule has 0 unspecified atom stereocenters. The number of halogens is 1. The summed E-state index contributed by atoms with van der Waals surface area (Å²) in [7, 11) is 0. The number of rotatable bonds is 7. The molecule has 1 aromatic carbocycles. The lowest BCUT2D eigenvalue weighted by molar-refractivity contribution is 0.124. The predicted molar refractivity (Wildman–Crippen MR) is 79.7 cm³/mol. The van der Waals surface area contributed by atoms with Crippen molar-refractivity contribution in [2.24, 2.45) is 0 Å². The topological polar surface area (TPSA) is 50.8 Å². The molecule has 106 valence electrons. The van der Waals surface area contributed by atoms with Crippen LogP contribution in [-0.4, -0.2) is 22.8 Å². The van der Waals surface area contributed by atoms with E-state index >= 15 is 0 Å². The van der Waals surface area contributed by atoms with Gasteiger partial charge in [-0.1, -0.05) is 13.3 Å². The van der Waals surface area contributed by atoms with E-state index in [1.54, 1.807) is 6.07 Å². The lowest BCUT2D eigenvalue weighted by Gasteiger charge is -2.08. The van der Waals surface area contributed by atoms with E-state index in [0.717, 1.165) is 36.3 Å². The third-order valence-electron chi connectivity index (χ3n) is 3.18. The average molecular weight is 292 g/mol. The first-order valence-corrected chi connectivity index (χ1v) is 7.36. The Balaban J connectivity index is 2.18. The monoisotopic (exact) mass is 291 g/mol. The molecule has 0 radical (unpaired) electrons. The molecule has 0 bridgehead atoms. The van der Waals surface area contributed by atoms with Crippen molar-refractivity contribution in [3.8, 4) is 6.07 Å². The Morgan fingerprint density at radius 3 is 2.95 bits per heavy atom. The van der Waals surface area contributed by atoms with E-state index in [9.17, 15) is 0 Å². The second-order valence-electron chi connectivity index (χ2n) is 4.59. The van der Waals surface area contributed by atoms with Crippen LogP contribution in [0, 0.1) is 11.3 Å². The van der Waals surface area contributed by atoms with Crippen LogP contribution in [0.3, 0.4) is 0 Å². The van der Waals surface area contributed by atoms with E-state index in [1.165, 1.54) is 0 Å². The van der Waals surface area contributed by atoms with Crippen LogP contribution in [0.1, 0.15) is 31.2 Å². The maximum atomic E-state index is 8.99. The Bertz CT molecular complexity index is 615. The van der Waals surface area contributed by atoms with Crippen molar-refractivity contribution in [1.82, 2.24) is 9.55 Å². The molecule has 0 N–H and O–H groups in total. The second-order valence-corrected chi connectivity index (χ2v) is 4.86. The molecule has 0 aliphatic heterocycles.